The van der Waals surface area contributed by atoms with Crippen LogP contribution in [-0.4, -0.2) is 228 Å². The Morgan fingerprint density at radius 3 is 1.19 bits per heavy atom. The third-order valence-corrected chi connectivity index (χ3v) is 12.0. The van der Waals surface area contributed by atoms with Crippen molar-refractivity contribution >= 4 is 5.78 Å². The Bertz CT molecular complexity index is 874. The number of nitrogens with zero attached hydrogens (tertiary/aromatic N) is 6. The third kappa shape index (κ3) is 9.74. The molecule has 48 heavy (non-hydrogen) atoms. The number of carbonyl (C=O) groups is 1. The summed E-state index contributed by atoms with van der Waals surface area (Å²) < 4.78 is 11.2. The molecule has 6 aliphatic heterocycles. The molecule has 6 rings (SSSR count). The molecular formula is C35H68N10O3. The lowest BCUT2D eigenvalue weighted by atomic mass is 9.88. The van der Waals surface area contributed by atoms with Crippen molar-refractivity contribution in [3.63, 3.8) is 0 Å². The van der Waals surface area contributed by atoms with E-state index in [-0.39, 0.29) is 24.2 Å². The molecule has 6 heterocycles. The maximum absolute atomic E-state index is 15.4. The van der Waals surface area contributed by atoms with Crippen molar-refractivity contribution < 1.29 is 14.3 Å². The summed E-state index contributed by atoms with van der Waals surface area (Å²) in [5, 5.41) is 15.6. The van der Waals surface area contributed by atoms with E-state index in [0.29, 0.717) is 30.0 Å². The molecule has 13 nitrogen and oxygen atoms in total. The first kappa shape index (κ1) is 37.0. The molecule has 0 radical (unpaired) electrons. The van der Waals surface area contributed by atoms with E-state index in [1.54, 1.807) is 0 Å². The summed E-state index contributed by atoms with van der Waals surface area (Å²) in [6.07, 6.45) is 0. The van der Waals surface area contributed by atoms with E-state index in [0.717, 1.165) is 144 Å². The number of Topliss-reactive ketones (excluding diaryl/α,β-unsaturated/α-hetero) is 1. The van der Waals surface area contributed by atoms with Gasteiger partial charge in [0.25, 0.3) is 0 Å². The van der Waals surface area contributed by atoms with Gasteiger partial charge in [0.05, 0.1) is 38.5 Å². The zero-order chi connectivity index (χ0) is 33.5. The highest BCUT2D eigenvalue weighted by atomic mass is 16.5. The smallest absolute Gasteiger partial charge is 0.170 e. The van der Waals surface area contributed by atoms with E-state index in [2.05, 4.69) is 78.4 Å². The predicted octanol–water partition coefficient (Wildman–Crippen LogP) is -2.13. The van der Waals surface area contributed by atoms with Crippen LogP contribution in [0.5, 0.6) is 0 Å². The van der Waals surface area contributed by atoms with Gasteiger partial charge in [-0.25, -0.2) is 0 Å². The number of piperazine rings is 4. The molecule has 0 amide bonds. The second kappa shape index (κ2) is 18.1. The van der Waals surface area contributed by atoms with Crippen LogP contribution < -0.4 is 21.3 Å². The lowest BCUT2D eigenvalue weighted by molar-refractivity contribution is -0.134. The van der Waals surface area contributed by atoms with Crippen molar-refractivity contribution in [3.05, 3.63) is 0 Å². The number of hydrogen-bond acceptors (Lipinski definition) is 13. The van der Waals surface area contributed by atoms with Crippen LogP contribution in [0.1, 0.15) is 27.7 Å². The van der Waals surface area contributed by atoms with Gasteiger partial charge in [0.15, 0.2) is 5.78 Å². The van der Waals surface area contributed by atoms with Gasteiger partial charge >= 0.3 is 0 Å². The molecule has 0 aromatic rings. The number of ketones is 1. The van der Waals surface area contributed by atoms with Crippen molar-refractivity contribution in [1.82, 2.24) is 50.7 Å². The maximum atomic E-state index is 15.4. The minimum Gasteiger partial charge on any atom is -0.379 e. The van der Waals surface area contributed by atoms with Crippen LogP contribution in [0.2, 0.25) is 0 Å². The number of rotatable bonds is 12. The van der Waals surface area contributed by atoms with E-state index >= 15 is 4.79 Å². The zero-order valence-electron chi connectivity index (χ0n) is 30.6. The minimum absolute atomic E-state index is 0.0918. The zero-order valence-corrected chi connectivity index (χ0v) is 30.6. The average Bonchev–Trinajstić information content (AvgIpc) is 3.11. The molecule has 4 N–H and O–H groups in total. The summed E-state index contributed by atoms with van der Waals surface area (Å²) in [6, 6.07) is 1.72. The Labute approximate surface area is 290 Å². The van der Waals surface area contributed by atoms with Crippen LogP contribution in [0, 0.1) is 0 Å². The lowest BCUT2D eigenvalue weighted by Crippen LogP contribution is -2.73. The van der Waals surface area contributed by atoms with E-state index in [1.807, 2.05) is 0 Å². The SMILES string of the molecule is CC(C)N1CCN(C(C(=O)C(C2CNC(CN3CCOCC3)CN2)N2CCN(C(C)C)CC2)C2CNC(CN3CCOCC3)CN2)CC1. The first-order valence-electron chi connectivity index (χ1n) is 19.4. The number of hydrogen-bond donors (Lipinski definition) is 4. The Balaban J connectivity index is 1.17. The molecule has 0 aliphatic carbocycles. The van der Waals surface area contributed by atoms with Crippen LogP contribution >= 0.6 is 0 Å². The minimum atomic E-state index is -0.155. The van der Waals surface area contributed by atoms with Crippen LogP contribution in [0.3, 0.4) is 0 Å². The number of nitrogens with one attached hydrogen (secondary N) is 4. The van der Waals surface area contributed by atoms with Crippen molar-refractivity contribution in [1.29, 1.82) is 0 Å². The van der Waals surface area contributed by atoms with Gasteiger partial charge in [-0.2, -0.15) is 0 Å². The molecule has 13 heteroatoms. The molecule has 6 unspecified atom stereocenters. The van der Waals surface area contributed by atoms with E-state index < -0.39 is 0 Å². The van der Waals surface area contributed by atoms with Crippen molar-refractivity contribution in [2.45, 2.75) is 76.0 Å². The summed E-state index contributed by atoms with van der Waals surface area (Å²) in [5.41, 5.74) is 0. The molecule has 6 atom stereocenters. The lowest BCUT2D eigenvalue weighted by Gasteiger charge is -2.49. The maximum Gasteiger partial charge on any atom is 0.170 e. The molecule has 0 bridgehead atoms. The first-order chi connectivity index (χ1) is 23.4. The molecule has 6 fully saturated rings. The Kier molecular flexibility index (Phi) is 13.9. The summed E-state index contributed by atoms with van der Waals surface area (Å²) in [7, 11) is 0. The highest BCUT2D eigenvalue weighted by Gasteiger charge is 2.46. The van der Waals surface area contributed by atoms with Gasteiger partial charge in [-0.05, 0) is 27.7 Å². The molecule has 6 saturated heterocycles. The van der Waals surface area contributed by atoms with Gasteiger partial charge in [-0.3, -0.25) is 34.2 Å². The monoisotopic (exact) mass is 677 g/mol. The van der Waals surface area contributed by atoms with Gasteiger partial charge in [-0.1, -0.05) is 0 Å². The fourth-order valence-electron chi connectivity index (χ4n) is 8.86. The molecule has 6 aliphatic rings. The summed E-state index contributed by atoms with van der Waals surface area (Å²) >= 11 is 0. The van der Waals surface area contributed by atoms with Crippen LogP contribution in [-0.2, 0) is 14.3 Å². The van der Waals surface area contributed by atoms with Gasteiger partial charge < -0.3 is 30.7 Å². The topological polar surface area (TPSA) is 103 Å². The van der Waals surface area contributed by atoms with Gasteiger partial charge in [0.2, 0.25) is 0 Å². The van der Waals surface area contributed by atoms with Crippen LogP contribution in [0.4, 0.5) is 0 Å². The van der Waals surface area contributed by atoms with Gasteiger partial charge in [0, 0.05) is 154 Å². The number of carbonyl (C=O) groups excluding carboxylic acids is 1. The van der Waals surface area contributed by atoms with Crippen molar-refractivity contribution in [2.75, 3.05) is 144 Å². The Morgan fingerprint density at radius 1 is 0.521 bits per heavy atom. The molecule has 276 valence electrons. The number of ether oxygens (including phenoxy) is 2. The van der Waals surface area contributed by atoms with Crippen molar-refractivity contribution in [2.24, 2.45) is 0 Å². The molecule has 0 spiro atoms. The largest absolute Gasteiger partial charge is 0.379 e. The second-order valence-corrected chi connectivity index (χ2v) is 15.7. The second-order valence-electron chi connectivity index (χ2n) is 15.7. The highest BCUT2D eigenvalue weighted by molar-refractivity contribution is 5.90. The molecular weight excluding hydrogens is 608 g/mol. The standard InChI is InChI=1S/C35H68N10O3/c1-27(2)42-5-9-44(10-6-42)33(31-23-36-29(21-38-31)25-40-13-17-47-18-14-40)35(46)34(45-11-7-43(8-12-45)28(3)4)32-24-37-30(22-39-32)26-41-15-19-48-20-16-41/h27-34,36-39H,5-26H2,1-4H3. The summed E-state index contributed by atoms with van der Waals surface area (Å²) in [5.74, 6) is 0.405. The Morgan fingerprint density at radius 2 is 0.875 bits per heavy atom. The van der Waals surface area contributed by atoms with E-state index in [1.165, 1.54) is 0 Å². The van der Waals surface area contributed by atoms with Crippen molar-refractivity contribution in [3.8, 4) is 0 Å². The third-order valence-electron chi connectivity index (χ3n) is 12.0. The van der Waals surface area contributed by atoms with E-state index in [4.69, 9.17) is 9.47 Å². The molecule has 0 saturated carbocycles. The van der Waals surface area contributed by atoms with E-state index in [9.17, 15) is 0 Å². The van der Waals surface area contributed by atoms with Gasteiger partial charge in [0.1, 0.15) is 0 Å². The summed E-state index contributed by atoms with van der Waals surface area (Å²) in [4.78, 5) is 30.6. The fourth-order valence-corrected chi connectivity index (χ4v) is 8.86. The first-order valence-corrected chi connectivity index (χ1v) is 19.4. The Hall–Kier alpha value is -0.810. The summed E-state index contributed by atoms with van der Waals surface area (Å²) in [6.45, 7) is 29.8. The normalized spacial score (nSPS) is 33.3. The van der Waals surface area contributed by atoms with Crippen LogP contribution in [0.25, 0.3) is 0 Å². The fraction of sp³-hybridized carbons (Fsp3) is 0.971. The highest BCUT2D eigenvalue weighted by Crippen LogP contribution is 2.22. The molecule has 0 aromatic carbocycles. The average molecular weight is 677 g/mol. The van der Waals surface area contributed by atoms with Gasteiger partial charge in [-0.15, -0.1) is 0 Å². The molecule has 0 aromatic heterocycles. The number of morpholine rings is 2. The quantitative estimate of drug-likeness (QED) is 0.181. The van der Waals surface area contributed by atoms with Crippen LogP contribution in [0.15, 0.2) is 0 Å². The predicted molar refractivity (Wildman–Crippen MR) is 191 cm³/mol.